The molecule has 0 amide bonds. The molecule has 5 heteroatoms. The molecule has 92 valence electrons. The number of aliphatic imine (C=N–C) groups is 1. The van der Waals surface area contributed by atoms with Gasteiger partial charge in [-0.25, -0.2) is 8.78 Å². The van der Waals surface area contributed by atoms with E-state index in [2.05, 4.69) is 10.3 Å². The van der Waals surface area contributed by atoms with Crippen LogP contribution >= 0.6 is 0 Å². The van der Waals surface area contributed by atoms with Crippen LogP contribution in [0.1, 0.15) is 24.3 Å². The zero-order valence-corrected chi connectivity index (χ0v) is 9.58. The maximum atomic E-state index is 13.0. The molecule has 0 aliphatic heterocycles. The molecule has 0 unspecified atom stereocenters. The van der Waals surface area contributed by atoms with E-state index in [1.54, 1.807) is 7.05 Å². The van der Waals surface area contributed by atoms with E-state index < -0.39 is 11.6 Å². The van der Waals surface area contributed by atoms with Crippen molar-refractivity contribution in [3.8, 4) is 0 Å². The fourth-order valence-corrected chi connectivity index (χ4v) is 2.09. The average Bonchev–Trinajstić information content (AvgIpc) is 2.20. The van der Waals surface area contributed by atoms with Gasteiger partial charge < -0.3 is 11.1 Å². The Morgan fingerprint density at radius 1 is 1.29 bits per heavy atom. The van der Waals surface area contributed by atoms with E-state index in [9.17, 15) is 8.78 Å². The Hall–Kier alpha value is -1.65. The molecule has 2 rings (SSSR count). The van der Waals surface area contributed by atoms with Crippen molar-refractivity contribution in [3.63, 3.8) is 0 Å². The van der Waals surface area contributed by atoms with Crippen molar-refractivity contribution in [1.82, 2.24) is 5.32 Å². The Morgan fingerprint density at radius 3 is 2.41 bits per heavy atom. The van der Waals surface area contributed by atoms with Gasteiger partial charge in [-0.1, -0.05) is 0 Å². The maximum Gasteiger partial charge on any atom is 0.188 e. The molecular formula is C12H15F2N3. The smallest absolute Gasteiger partial charge is 0.188 e. The van der Waals surface area contributed by atoms with Gasteiger partial charge in [-0.05, 0) is 36.5 Å². The number of hydrogen-bond donors (Lipinski definition) is 2. The van der Waals surface area contributed by atoms with Crippen LogP contribution in [0.4, 0.5) is 8.78 Å². The molecule has 0 radical (unpaired) electrons. The minimum atomic E-state index is -0.522. The molecule has 0 bridgehead atoms. The topological polar surface area (TPSA) is 50.4 Å². The van der Waals surface area contributed by atoms with Gasteiger partial charge in [0, 0.05) is 19.2 Å². The largest absolute Gasteiger partial charge is 0.370 e. The number of guanidine groups is 1. The predicted octanol–water partition coefficient (Wildman–Crippen LogP) is 1.74. The summed E-state index contributed by atoms with van der Waals surface area (Å²) in [6, 6.07) is 3.91. The first-order valence-corrected chi connectivity index (χ1v) is 5.53. The zero-order chi connectivity index (χ0) is 12.4. The van der Waals surface area contributed by atoms with E-state index in [-0.39, 0.29) is 12.0 Å². The lowest BCUT2D eigenvalue weighted by Gasteiger charge is -2.36. The number of halogens is 2. The van der Waals surface area contributed by atoms with E-state index in [1.165, 1.54) is 12.1 Å². The van der Waals surface area contributed by atoms with E-state index in [1.807, 2.05) is 0 Å². The Kier molecular flexibility index (Phi) is 3.26. The summed E-state index contributed by atoms with van der Waals surface area (Å²) in [7, 11) is 1.61. The van der Waals surface area contributed by atoms with Gasteiger partial charge in [0.05, 0.1) is 0 Å². The van der Waals surface area contributed by atoms with E-state index in [4.69, 9.17) is 5.73 Å². The van der Waals surface area contributed by atoms with Crippen LogP contribution in [0.15, 0.2) is 23.2 Å². The Balaban J connectivity index is 1.95. The van der Waals surface area contributed by atoms with E-state index in [0.717, 1.165) is 18.9 Å². The molecule has 0 atom stereocenters. The van der Waals surface area contributed by atoms with Crippen LogP contribution in [-0.4, -0.2) is 19.0 Å². The van der Waals surface area contributed by atoms with Gasteiger partial charge in [0.25, 0.3) is 0 Å². The minimum absolute atomic E-state index is 0.197. The first kappa shape index (κ1) is 11.8. The number of nitrogens with one attached hydrogen (secondary N) is 1. The van der Waals surface area contributed by atoms with Gasteiger partial charge in [0.1, 0.15) is 11.6 Å². The van der Waals surface area contributed by atoms with Crippen LogP contribution in [0.25, 0.3) is 0 Å². The first-order chi connectivity index (χ1) is 8.08. The van der Waals surface area contributed by atoms with Crippen molar-refractivity contribution < 1.29 is 8.78 Å². The third-order valence-corrected chi connectivity index (χ3v) is 3.09. The summed E-state index contributed by atoms with van der Waals surface area (Å²) in [4.78, 5) is 3.80. The first-order valence-electron chi connectivity index (χ1n) is 5.53. The highest BCUT2D eigenvalue weighted by Gasteiger charge is 2.31. The van der Waals surface area contributed by atoms with E-state index in [0.29, 0.717) is 11.5 Å². The molecule has 3 nitrogen and oxygen atoms in total. The maximum absolute atomic E-state index is 13.0. The van der Waals surface area contributed by atoms with Crippen molar-refractivity contribution in [2.45, 2.75) is 24.8 Å². The van der Waals surface area contributed by atoms with Crippen molar-refractivity contribution in [2.24, 2.45) is 10.7 Å². The normalized spacial score (nSPS) is 24.3. The van der Waals surface area contributed by atoms with Crippen LogP contribution < -0.4 is 11.1 Å². The molecule has 0 heterocycles. The van der Waals surface area contributed by atoms with Gasteiger partial charge in [-0.3, -0.25) is 4.99 Å². The van der Waals surface area contributed by atoms with Crippen LogP contribution in [0.3, 0.4) is 0 Å². The number of rotatable bonds is 2. The summed E-state index contributed by atoms with van der Waals surface area (Å²) in [5.41, 5.74) is 6.25. The summed E-state index contributed by atoms with van der Waals surface area (Å²) >= 11 is 0. The fraction of sp³-hybridized carbons (Fsp3) is 0.417. The molecule has 17 heavy (non-hydrogen) atoms. The minimum Gasteiger partial charge on any atom is -0.370 e. The summed E-state index contributed by atoms with van der Waals surface area (Å²) in [6.45, 7) is 0. The molecule has 1 aromatic rings. The van der Waals surface area contributed by atoms with Crippen molar-refractivity contribution in [1.29, 1.82) is 0 Å². The third kappa shape index (κ3) is 2.72. The Bertz CT molecular complexity index is 419. The molecular weight excluding hydrogens is 224 g/mol. The molecule has 0 saturated heterocycles. The lowest BCUT2D eigenvalue weighted by atomic mass is 9.76. The third-order valence-electron chi connectivity index (χ3n) is 3.09. The summed E-state index contributed by atoms with van der Waals surface area (Å²) < 4.78 is 26.0. The predicted molar refractivity (Wildman–Crippen MR) is 62.8 cm³/mol. The SMILES string of the molecule is CN=C(N)NC1CC(c2cc(F)cc(F)c2)C1. The summed E-state index contributed by atoms with van der Waals surface area (Å²) in [5, 5.41) is 3.04. The number of benzene rings is 1. The van der Waals surface area contributed by atoms with Crippen LogP contribution in [0.2, 0.25) is 0 Å². The van der Waals surface area contributed by atoms with Gasteiger partial charge in [0.15, 0.2) is 5.96 Å². The van der Waals surface area contributed by atoms with Gasteiger partial charge in [-0.15, -0.1) is 0 Å². The molecule has 1 aliphatic carbocycles. The van der Waals surface area contributed by atoms with Crippen molar-refractivity contribution in [3.05, 3.63) is 35.4 Å². The van der Waals surface area contributed by atoms with Gasteiger partial charge >= 0.3 is 0 Å². The van der Waals surface area contributed by atoms with Crippen LogP contribution in [-0.2, 0) is 0 Å². The molecule has 0 aromatic heterocycles. The summed E-state index contributed by atoms with van der Waals surface area (Å²) in [6.07, 6.45) is 1.64. The monoisotopic (exact) mass is 239 g/mol. The second-order valence-electron chi connectivity index (χ2n) is 4.32. The lowest BCUT2D eigenvalue weighted by molar-refractivity contribution is 0.322. The number of nitrogens with two attached hydrogens (primary N) is 1. The standard InChI is InChI=1S/C12H15F2N3/c1-16-12(15)17-11-4-8(5-11)7-2-9(13)6-10(14)3-7/h2-3,6,8,11H,4-5H2,1H3,(H3,15,16,17). The summed E-state index contributed by atoms with van der Waals surface area (Å²) in [5.74, 6) is -0.446. The van der Waals surface area contributed by atoms with E-state index >= 15 is 0 Å². The highest BCUT2D eigenvalue weighted by molar-refractivity contribution is 5.78. The highest BCUT2D eigenvalue weighted by Crippen LogP contribution is 2.37. The van der Waals surface area contributed by atoms with Gasteiger partial charge in [0.2, 0.25) is 0 Å². The fourth-order valence-electron chi connectivity index (χ4n) is 2.09. The zero-order valence-electron chi connectivity index (χ0n) is 9.58. The lowest BCUT2D eigenvalue weighted by Crippen LogP contribution is -2.46. The average molecular weight is 239 g/mol. The second kappa shape index (κ2) is 4.69. The quantitative estimate of drug-likeness (QED) is 0.610. The number of nitrogens with zero attached hydrogens (tertiary/aromatic N) is 1. The molecule has 1 aromatic carbocycles. The number of hydrogen-bond acceptors (Lipinski definition) is 1. The van der Waals surface area contributed by atoms with Crippen LogP contribution in [0.5, 0.6) is 0 Å². The molecule has 1 aliphatic rings. The van der Waals surface area contributed by atoms with Gasteiger partial charge in [-0.2, -0.15) is 0 Å². The highest BCUT2D eigenvalue weighted by atomic mass is 19.1. The Morgan fingerprint density at radius 2 is 1.88 bits per heavy atom. The second-order valence-corrected chi connectivity index (χ2v) is 4.32. The molecule has 3 N–H and O–H groups in total. The molecule has 1 fully saturated rings. The molecule has 0 spiro atoms. The molecule has 1 saturated carbocycles. The Labute approximate surface area is 98.7 Å². The van der Waals surface area contributed by atoms with Crippen molar-refractivity contribution in [2.75, 3.05) is 7.05 Å². The van der Waals surface area contributed by atoms with Crippen molar-refractivity contribution >= 4 is 5.96 Å². The van der Waals surface area contributed by atoms with Crippen LogP contribution in [0, 0.1) is 11.6 Å².